The molecule has 1 N–H and O–H groups in total. The first-order valence-corrected chi connectivity index (χ1v) is 7.39. The Hall–Kier alpha value is -2.17. The quantitative estimate of drug-likeness (QED) is 0.842. The molecule has 11 heteroatoms. The van der Waals surface area contributed by atoms with E-state index in [-0.39, 0.29) is 18.8 Å². The maximum Gasteiger partial charge on any atom is 0.501 e. The minimum absolute atomic E-state index is 0.0787. The SMILES string of the molecule is O=S(=O)(c1cc(F)ccc1NCCn1ccnn1)C(F)(F)F. The van der Waals surface area contributed by atoms with Gasteiger partial charge in [-0.1, -0.05) is 5.21 Å². The molecule has 6 nitrogen and oxygen atoms in total. The second kappa shape index (κ2) is 5.91. The predicted molar refractivity (Wildman–Crippen MR) is 68.2 cm³/mol. The summed E-state index contributed by atoms with van der Waals surface area (Å²) < 4.78 is 75.3. The number of hydrogen-bond acceptors (Lipinski definition) is 5. The van der Waals surface area contributed by atoms with E-state index in [0.29, 0.717) is 6.07 Å². The van der Waals surface area contributed by atoms with Crippen LogP contribution in [-0.2, 0) is 16.4 Å². The fourth-order valence-corrected chi connectivity index (χ4v) is 2.59. The second-order valence-corrected chi connectivity index (χ2v) is 6.09. The van der Waals surface area contributed by atoms with Gasteiger partial charge >= 0.3 is 5.51 Å². The molecule has 0 aliphatic heterocycles. The Kier molecular flexibility index (Phi) is 4.35. The first-order chi connectivity index (χ1) is 10.2. The van der Waals surface area contributed by atoms with Crippen LogP contribution in [0.4, 0.5) is 23.2 Å². The van der Waals surface area contributed by atoms with Crippen LogP contribution in [0.3, 0.4) is 0 Å². The lowest BCUT2D eigenvalue weighted by atomic mass is 10.3. The van der Waals surface area contributed by atoms with Gasteiger partial charge in [-0.05, 0) is 18.2 Å². The first-order valence-electron chi connectivity index (χ1n) is 5.91. The highest BCUT2D eigenvalue weighted by Gasteiger charge is 2.48. The molecule has 0 atom stereocenters. The maximum absolute atomic E-state index is 13.1. The van der Waals surface area contributed by atoms with Gasteiger partial charge in [0.15, 0.2) is 0 Å². The molecular formula is C11H10F4N4O2S. The molecule has 0 spiro atoms. The van der Waals surface area contributed by atoms with Crippen molar-refractivity contribution in [1.82, 2.24) is 15.0 Å². The van der Waals surface area contributed by atoms with E-state index in [1.807, 2.05) is 0 Å². The van der Waals surface area contributed by atoms with E-state index in [0.717, 1.165) is 12.1 Å². The van der Waals surface area contributed by atoms with Crippen molar-refractivity contribution in [2.24, 2.45) is 0 Å². The molecule has 1 heterocycles. The third kappa shape index (κ3) is 3.35. The summed E-state index contributed by atoms with van der Waals surface area (Å²) in [6.07, 6.45) is 2.94. The van der Waals surface area contributed by atoms with E-state index in [1.165, 1.54) is 17.1 Å². The number of nitrogens with zero attached hydrogens (tertiary/aromatic N) is 3. The number of hydrogen-bond donors (Lipinski definition) is 1. The summed E-state index contributed by atoms with van der Waals surface area (Å²) in [7, 11) is -5.65. The van der Waals surface area contributed by atoms with Crippen LogP contribution in [0.25, 0.3) is 0 Å². The fraction of sp³-hybridized carbons (Fsp3) is 0.273. The molecule has 0 saturated carbocycles. The van der Waals surface area contributed by atoms with Crippen molar-refractivity contribution in [3.8, 4) is 0 Å². The molecule has 0 fully saturated rings. The smallest absolute Gasteiger partial charge is 0.382 e. The van der Waals surface area contributed by atoms with Gasteiger partial charge in [-0.3, -0.25) is 4.68 Å². The Morgan fingerprint density at radius 3 is 2.59 bits per heavy atom. The maximum atomic E-state index is 13.1. The average molecular weight is 338 g/mol. The van der Waals surface area contributed by atoms with Crippen molar-refractivity contribution in [3.63, 3.8) is 0 Å². The van der Waals surface area contributed by atoms with Gasteiger partial charge in [-0.15, -0.1) is 5.10 Å². The van der Waals surface area contributed by atoms with Gasteiger partial charge in [0, 0.05) is 12.7 Å². The van der Waals surface area contributed by atoms with Crippen LogP contribution in [0.1, 0.15) is 0 Å². The third-order valence-electron chi connectivity index (χ3n) is 2.67. The van der Waals surface area contributed by atoms with Crippen LogP contribution in [-0.4, -0.2) is 35.5 Å². The Morgan fingerprint density at radius 2 is 2.00 bits per heavy atom. The summed E-state index contributed by atoms with van der Waals surface area (Å²) in [5.74, 6) is -1.08. The van der Waals surface area contributed by atoms with Crippen molar-refractivity contribution < 1.29 is 26.0 Å². The van der Waals surface area contributed by atoms with Crippen molar-refractivity contribution in [2.75, 3.05) is 11.9 Å². The number of benzene rings is 1. The zero-order valence-electron chi connectivity index (χ0n) is 10.9. The van der Waals surface area contributed by atoms with Crippen LogP contribution in [0.2, 0.25) is 0 Å². The summed E-state index contributed by atoms with van der Waals surface area (Å²) in [6, 6.07) is 2.14. The molecule has 120 valence electrons. The number of rotatable bonds is 5. The molecule has 1 aromatic heterocycles. The lowest BCUT2D eigenvalue weighted by molar-refractivity contribution is -0.0435. The Morgan fingerprint density at radius 1 is 1.27 bits per heavy atom. The number of aromatic nitrogens is 3. The average Bonchev–Trinajstić information content (AvgIpc) is 2.92. The van der Waals surface area contributed by atoms with E-state index in [2.05, 4.69) is 15.6 Å². The second-order valence-electron chi connectivity index (χ2n) is 4.18. The van der Waals surface area contributed by atoms with Crippen molar-refractivity contribution >= 4 is 15.5 Å². The molecule has 0 radical (unpaired) electrons. The first kappa shape index (κ1) is 16.2. The minimum atomic E-state index is -5.65. The molecule has 0 aliphatic rings. The van der Waals surface area contributed by atoms with Gasteiger partial charge in [-0.25, -0.2) is 12.8 Å². The standard InChI is InChI=1S/C11H10F4N4O2S/c12-8-1-2-9(16-3-5-19-6-4-17-18-19)10(7-8)22(20,21)11(13,14)15/h1-2,4,6-7,16H,3,5H2. The molecule has 0 saturated heterocycles. The number of anilines is 1. The fourth-order valence-electron chi connectivity index (χ4n) is 1.65. The monoisotopic (exact) mass is 338 g/mol. The van der Waals surface area contributed by atoms with E-state index in [9.17, 15) is 26.0 Å². The van der Waals surface area contributed by atoms with Crippen LogP contribution in [0.5, 0.6) is 0 Å². The van der Waals surface area contributed by atoms with Crippen molar-refractivity contribution in [1.29, 1.82) is 0 Å². The highest BCUT2D eigenvalue weighted by molar-refractivity contribution is 7.92. The van der Waals surface area contributed by atoms with Crippen LogP contribution in [0, 0.1) is 5.82 Å². The van der Waals surface area contributed by atoms with Gasteiger partial charge in [0.25, 0.3) is 9.84 Å². The number of sulfone groups is 1. The van der Waals surface area contributed by atoms with E-state index >= 15 is 0 Å². The summed E-state index contributed by atoms with van der Waals surface area (Å²) in [5, 5.41) is 9.70. The van der Waals surface area contributed by atoms with Gasteiger partial charge in [0.1, 0.15) is 10.7 Å². The molecule has 2 rings (SSSR count). The number of alkyl halides is 3. The summed E-state index contributed by atoms with van der Waals surface area (Å²) in [4.78, 5) is -1.15. The zero-order chi connectivity index (χ0) is 16.4. The topological polar surface area (TPSA) is 76.9 Å². The largest absolute Gasteiger partial charge is 0.501 e. The van der Waals surface area contributed by atoms with E-state index in [1.54, 1.807) is 0 Å². The minimum Gasteiger partial charge on any atom is -0.382 e. The summed E-state index contributed by atoms with van der Waals surface area (Å²) in [6.45, 7) is 0.318. The Balaban J connectivity index is 2.25. The van der Waals surface area contributed by atoms with Crippen molar-refractivity contribution in [3.05, 3.63) is 36.4 Å². The molecule has 2 aromatic rings. The normalized spacial score (nSPS) is 12.4. The number of halogens is 4. The highest BCUT2D eigenvalue weighted by atomic mass is 32.2. The van der Waals surface area contributed by atoms with Gasteiger partial charge in [0.05, 0.1) is 18.4 Å². The number of nitrogens with one attached hydrogen (secondary N) is 1. The molecule has 0 amide bonds. The van der Waals surface area contributed by atoms with Crippen LogP contribution < -0.4 is 5.32 Å². The third-order valence-corrected chi connectivity index (χ3v) is 4.19. The van der Waals surface area contributed by atoms with Gasteiger partial charge < -0.3 is 5.32 Å². The summed E-state index contributed by atoms with van der Waals surface area (Å²) >= 11 is 0. The lowest BCUT2D eigenvalue weighted by Gasteiger charge is -2.14. The highest BCUT2D eigenvalue weighted by Crippen LogP contribution is 2.34. The zero-order valence-corrected chi connectivity index (χ0v) is 11.7. The molecule has 0 aliphatic carbocycles. The van der Waals surface area contributed by atoms with E-state index in [4.69, 9.17) is 0 Å². The Labute approximate surface area is 122 Å². The van der Waals surface area contributed by atoms with Crippen LogP contribution >= 0.6 is 0 Å². The van der Waals surface area contributed by atoms with Gasteiger partial charge in [-0.2, -0.15) is 13.2 Å². The summed E-state index contributed by atoms with van der Waals surface area (Å²) in [5.41, 5.74) is -5.85. The lowest BCUT2D eigenvalue weighted by Crippen LogP contribution is -2.25. The van der Waals surface area contributed by atoms with Crippen molar-refractivity contribution in [2.45, 2.75) is 16.9 Å². The molecule has 22 heavy (non-hydrogen) atoms. The molecular weight excluding hydrogens is 328 g/mol. The molecule has 0 bridgehead atoms. The molecule has 0 unspecified atom stereocenters. The van der Waals surface area contributed by atoms with E-state index < -0.39 is 26.1 Å². The Bertz CT molecular complexity index is 744. The van der Waals surface area contributed by atoms with Gasteiger partial charge in [0.2, 0.25) is 0 Å². The predicted octanol–water partition coefficient (Wildman–Crippen LogP) is 1.82. The van der Waals surface area contributed by atoms with Crippen LogP contribution in [0.15, 0.2) is 35.5 Å². The molecule has 1 aromatic carbocycles.